The SMILES string of the molecule is CN1[CH-]N(c2[c-]cccc2)c2ncccc21.CN1[CH-]N(c2[c-]cccc2)c2ncccc21.Cc1ccc(-n2c3ccc(C(C)(C)C)cc3c3cc(C(C)(C)C)ccc32)c(O)n1.Cc1ccc(-n2c3ccc(C(C)(C)C)cc3c3cc(C(C)(C)C)ccc32)c(O)n1.[Pt+2].[Pt+2]. The molecule has 92 heavy (non-hydrogen) atoms. The van der Waals surface area contributed by atoms with Gasteiger partial charge in [0.2, 0.25) is 11.8 Å². The first-order valence-corrected chi connectivity index (χ1v) is 30.8. The van der Waals surface area contributed by atoms with Crippen molar-refractivity contribution in [1.82, 2.24) is 29.1 Å². The number of rotatable bonds is 4. The molecule has 6 aromatic heterocycles. The summed E-state index contributed by atoms with van der Waals surface area (Å²) in [6, 6.07) is 64.7. The molecule has 0 bridgehead atoms. The van der Waals surface area contributed by atoms with Crippen molar-refractivity contribution in [3.8, 4) is 23.1 Å². The van der Waals surface area contributed by atoms with E-state index in [1.807, 2.05) is 148 Å². The molecule has 0 spiro atoms. The molecule has 0 unspecified atom stereocenters. The number of aromatic nitrogens is 6. The van der Waals surface area contributed by atoms with Gasteiger partial charge >= 0.3 is 42.1 Å². The van der Waals surface area contributed by atoms with Crippen LogP contribution in [-0.2, 0) is 63.8 Å². The smallest absolute Gasteiger partial charge is 0.502 e. The average molecular weight is 1580 g/mol. The number of hydrogen-bond donors (Lipinski definition) is 2. The van der Waals surface area contributed by atoms with Crippen molar-refractivity contribution in [2.75, 3.05) is 33.7 Å². The minimum atomic E-state index is 0. The molecular formula is C78H82N10O2Pt2. The topological polar surface area (TPSA) is 115 Å². The molecule has 12 nitrogen and oxygen atoms in total. The molecule has 2 aliphatic rings. The maximum absolute atomic E-state index is 10.6. The van der Waals surface area contributed by atoms with Gasteiger partial charge in [0, 0.05) is 56.7 Å². The molecule has 0 radical (unpaired) electrons. The van der Waals surface area contributed by atoms with Crippen LogP contribution in [0.4, 0.5) is 34.4 Å². The van der Waals surface area contributed by atoms with Gasteiger partial charge in [0.1, 0.15) is 23.0 Å². The van der Waals surface area contributed by atoms with Crippen molar-refractivity contribution in [3.05, 3.63) is 241 Å². The minimum absolute atomic E-state index is 0. The normalized spacial score (nSPS) is 13.0. The third-order valence-corrected chi connectivity index (χ3v) is 16.7. The zero-order valence-electron chi connectivity index (χ0n) is 55.5. The van der Waals surface area contributed by atoms with Gasteiger partial charge in [-0.25, -0.2) is 19.9 Å². The number of anilines is 6. The Hall–Kier alpha value is -8.30. The van der Waals surface area contributed by atoms with Gasteiger partial charge in [-0.1, -0.05) is 107 Å². The Kier molecular flexibility index (Phi) is 19.8. The average Bonchev–Trinajstić information content (AvgIpc) is 1.59. The Morgan fingerprint density at radius 3 is 0.967 bits per heavy atom. The van der Waals surface area contributed by atoms with Crippen LogP contribution >= 0.6 is 0 Å². The summed E-state index contributed by atoms with van der Waals surface area (Å²) in [5, 5.41) is 26.1. The van der Waals surface area contributed by atoms with E-state index in [1.54, 1.807) is 0 Å². The van der Waals surface area contributed by atoms with Crippen LogP contribution in [0.5, 0.6) is 11.8 Å². The summed E-state index contributed by atoms with van der Waals surface area (Å²) in [7, 11) is 4.03. The second-order valence-corrected chi connectivity index (χ2v) is 27.6. The fourth-order valence-corrected chi connectivity index (χ4v) is 11.6. The van der Waals surface area contributed by atoms with E-state index < -0.39 is 0 Å². The van der Waals surface area contributed by atoms with Crippen molar-refractivity contribution in [2.24, 2.45) is 0 Å². The maximum Gasteiger partial charge on any atom is 2.00 e. The minimum Gasteiger partial charge on any atom is -0.502 e. The van der Waals surface area contributed by atoms with Crippen LogP contribution in [0.25, 0.3) is 55.0 Å². The summed E-state index contributed by atoms with van der Waals surface area (Å²) in [5.74, 6) is 2.02. The molecule has 0 aliphatic carbocycles. The monoisotopic (exact) mass is 1580 g/mol. The number of hydrogen-bond acceptors (Lipinski definition) is 10. The van der Waals surface area contributed by atoms with Crippen molar-refractivity contribution in [3.63, 3.8) is 0 Å². The first-order valence-electron chi connectivity index (χ1n) is 30.8. The number of aromatic hydroxyl groups is 2. The molecule has 14 heteroatoms. The molecule has 8 heterocycles. The first-order chi connectivity index (χ1) is 42.6. The van der Waals surface area contributed by atoms with E-state index >= 15 is 0 Å². The summed E-state index contributed by atoms with van der Waals surface area (Å²) >= 11 is 0. The number of pyridine rings is 4. The fourth-order valence-electron chi connectivity index (χ4n) is 11.6. The van der Waals surface area contributed by atoms with Crippen LogP contribution < -0.4 is 19.6 Å². The molecular weight excluding hydrogens is 1500 g/mol. The summed E-state index contributed by atoms with van der Waals surface area (Å²) in [5.41, 5.74) is 17.1. The predicted molar refractivity (Wildman–Crippen MR) is 373 cm³/mol. The Labute approximate surface area is 572 Å². The third-order valence-electron chi connectivity index (χ3n) is 16.7. The molecule has 0 atom stereocenters. The maximum atomic E-state index is 10.6. The van der Waals surface area contributed by atoms with Gasteiger partial charge in [0.25, 0.3) is 0 Å². The molecule has 2 aliphatic heterocycles. The van der Waals surface area contributed by atoms with E-state index in [0.717, 1.165) is 67.8 Å². The molecule has 476 valence electrons. The van der Waals surface area contributed by atoms with Gasteiger partial charge in [-0.3, -0.25) is 0 Å². The summed E-state index contributed by atoms with van der Waals surface area (Å²) in [6.07, 6.45) is 3.61. The first kappa shape index (κ1) is 68.1. The number of para-hydroxylation sites is 2. The standard InChI is InChI=1S/2C26H30N2O.2C13H11N3.2Pt/c2*1-16-8-11-23(24(29)27-16)28-21-12-9-17(25(2,3)4)14-19(21)20-15-18(26(5,6)7)10-13-22(20)28;2*1-15-10-16(11-6-3-2-4-7-11)13-12(15)8-5-9-14-13;;/h2*8-15H,1-7H3,(H,27,29);2*2-6,8-10H,1H3;;/q;;2*-2;2*+2. The van der Waals surface area contributed by atoms with Gasteiger partial charge in [-0.05, 0) is 169 Å². The number of nitrogens with zero attached hydrogens (tertiary/aromatic N) is 10. The van der Waals surface area contributed by atoms with E-state index in [-0.39, 0.29) is 75.6 Å². The number of fused-ring (bicyclic) bond motifs is 8. The summed E-state index contributed by atoms with van der Waals surface area (Å²) < 4.78 is 4.26. The summed E-state index contributed by atoms with van der Waals surface area (Å²) in [6.45, 7) is 34.7. The van der Waals surface area contributed by atoms with Crippen LogP contribution in [0.3, 0.4) is 0 Å². The van der Waals surface area contributed by atoms with E-state index in [2.05, 4.69) is 219 Å². The molecule has 12 aromatic rings. The van der Waals surface area contributed by atoms with E-state index in [4.69, 9.17) is 0 Å². The summed E-state index contributed by atoms with van der Waals surface area (Å²) in [4.78, 5) is 25.6. The molecule has 2 N–H and O–H groups in total. The molecule has 0 saturated heterocycles. The Bertz CT molecular complexity index is 4160. The van der Waals surface area contributed by atoms with Gasteiger partial charge in [0.15, 0.2) is 0 Å². The molecule has 0 fully saturated rings. The Balaban J connectivity index is 0.000000149. The molecule has 14 rings (SSSR count). The zero-order chi connectivity index (χ0) is 64.2. The number of aryl methyl sites for hydroxylation is 2. The van der Waals surface area contributed by atoms with Crippen LogP contribution in [0.15, 0.2) is 182 Å². The zero-order valence-corrected chi connectivity index (χ0v) is 60.0. The second-order valence-electron chi connectivity index (χ2n) is 27.6. The Morgan fingerprint density at radius 2 is 0.696 bits per heavy atom. The van der Waals surface area contributed by atoms with E-state index in [1.165, 1.54) is 43.8 Å². The van der Waals surface area contributed by atoms with Crippen molar-refractivity contribution in [2.45, 2.75) is 119 Å². The van der Waals surface area contributed by atoms with Crippen molar-refractivity contribution in [1.29, 1.82) is 0 Å². The predicted octanol–water partition coefficient (Wildman–Crippen LogP) is 18.7. The van der Waals surface area contributed by atoms with Gasteiger partial charge < -0.3 is 38.9 Å². The third kappa shape index (κ3) is 13.9. The second kappa shape index (κ2) is 26.7. The van der Waals surface area contributed by atoms with Crippen LogP contribution in [0, 0.1) is 39.3 Å². The van der Waals surface area contributed by atoms with Crippen LogP contribution in [-0.4, -0.2) is 53.4 Å². The van der Waals surface area contributed by atoms with Gasteiger partial charge in [0.05, 0.1) is 22.1 Å². The fraction of sp³-hybridized carbons (Fsp3) is 0.256. The quantitative estimate of drug-likeness (QED) is 0.165. The Morgan fingerprint density at radius 1 is 0.380 bits per heavy atom. The van der Waals surface area contributed by atoms with E-state index in [9.17, 15) is 10.2 Å². The van der Waals surface area contributed by atoms with E-state index in [0.29, 0.717) is 11.4 Å². The largest absolute Gasteiger partial charge is 2.00 e. The van der Waals surface area contributed by atoms with Crippen LogP contribution in [0.1, 0.15) is 117 Å². The molecule has 0 amide bonds. The molecule has 6 aromatic carbocycles. The van der Waals surface area contributed by atoms with Crippen molar-refractivity contribution >= 4 is 78.0 Å². The van der Waals surface area contributed by atoms with Gasteiger partial charge in [-0.15, -0.1) is 11.4 Å². The number of benzene rings is 6. The van der Waals surface area contributed by atoms with Gasteiger partial charge in [-0.2, -0.15) is 74.0 Å². The molecule has 0 saturated carbocycles. The van der Waals surface area contributed by atoms with Crippen molar-refractivity contribution < 1.29 is 52.3 Å². The van der Waals surface area contributed by atoms with Crippen LogP contribution in [0.2, 0.25) is 0 Å².